The average molecular weight is 267 g/mol. The fourth-order valence-corrected chi connectivity index (χ4v) is 2.49. The molecule has 1 aromatic heterocycles. The highest BCUT2D eigenvalue weighted by molar-refractivity contribution is 6.06. The molecular formula is C17H14FNO. The SMILES string of the molecule is CC(=O)c1cn(Cc2cccc(F)c2)c2ccccc12. The van der Waals surface area contributed by atoms with Gasteiger partial charge >= 0.3 is 0 Å². The van der Waals surface area contributed by atoms with Gasteiger partial charge in [0.25, 0.3) is 0 Å². The van der Waals surface area contributed by atoms with Crippen LogP contribution in [0.15, 0.2) is 54.7 Å². The van der Waals surface area contributed by atoms with Gasteiger partial charge in [0, 0.05) is 29.2 Å². The minimum absolute atomic E-state index is 0.0409. The van der Waals surface area contributed by atoms with E-state index in [4.69, 9.17) is 0 Å². The van der Waals surface area contributed by atoms with Crippen LogP contribution >= 0.6 is 0 Å². The Bertz CT molecular complexity index is 789. The number of hydrogen-bond acceptors (Lipinski definition) is 1. The Balaban J connectivity index is 2.10. The van der Waals surface area contributed by atoms with Crippen LogP contribution in [0.25, 0.3) is 10.9 Å². The highest BCUT2D eigenvalue weighted by Gasteiger charge is 2.11. The highest BCUT2D eigenvalue weighted by atomic mass is 19.1. The molecule has 0 saturated carbocycles. The van der Waals surface area contributed by atoms with Crippen molar-refractivity contribution in [3.8, 4) is 0 Å². The number of Topliss-reactive ketones (excluding diaryl/α,β-unsaturated/α-hetero) is 1. The predicted molar refractivity (Wildman–Crippen MR) is 77.4 cm³/mol. The quantitative estimate of drug-likeness (QED) is 0.657. The summed E-state index contributed by atoms with van der Waals surface area (Å²) in [5.41, 5.74) is 2.57. The molecule has 0 aliphatic carbocycles. The van der Waals surface area contributed by atoms with Crippen LogP contribution in [0.5, 0.6) is 0 Å². The van der Waals surface area contributed by atoms with E-state index < -0.39 is 0 Å². The van der Waals surface area contributed by atoms with Crippen LogP contribution < -0.4 is 0 Å². The second-order valence-corrected chi connectivity index (χ2v) is 4.87. The van der Waals surface area contributed by atoms with Gasteiger partial charge in [0.2, 0.25) is 0 Å². The minimum atomic E-state index is -0.245. The second-order valence-electron chi connectivity index (χ2n) is 4.87. The minimum Gasteiger partial charge on any atom is -0.342 e. The number of aromatic nitrogens is 1. The highest BCUT2D eigenvalue weighted by Crippen LogP contribution is 2.22. The number of ketones is 1. The van der Waals surface area contributed by atoms with Gasteiger partial charge in [0.15, 0.2) is 5.78 Å². The van der Waals surface area contributed by atoms with Crippen molar-refractivity contribution < 1.29 is 9.18 Å². The average Bonchev–Trinajstić information content (AvgIpc) is 2.78. The number of carbonyl (C=O) groups excluding carboxylic acids is 1. The van der Waals surface area contributed by atoms with Gasteiger partial charge in [-0.05, 0) is 30.7 Å². The van der Waals surface area contributed by atoms with E-state index in [0.717, 1.165) is 16.5 Å². The zero-order valence-electron chi connectivity index (χ0n) is 11.1. The van der Waals surface area contributed by atoms with E-state index in [2.05, 4.69) is 0 Å². The van der Waals surface area contributed by atoms with Gasteiger partial charge in [-0.1, -0.05) is 30.3 Å². The first-order valence-corrected chi connectivity index (χ1v) is 6.48. The van der Waals surface area contributed by atoms with Crippen LogP contribution in [0.1, 0.15) is 22.8 Å². The second kappa shape index (κ2) is 4.93. The van der Waals surface area contributed by atoms with Crippen molar-refractivity contribution in [2.45, 2.75) is 13.5 Å². The fourth-order valence-electron chi connectivity index (χ4n) is 2.49. The molecule has 0 amide bonds. The van der Waals surface area contributed by atoms with E-state index in [1.165, 1.54) is 12.1 Å². The molecule has 0 saturated heterocycles. The van der Waals surface area contributed by atoms with Gasteiger partial charge in [0.05, 0.1) is 0 Å². The maximum absolute atomic E-state index is 13.3. The number of halogens is 1. The summed E-state index contributed by atoms with van der Waals surface area (Å²) >= 11 is 0. The summed E-state index contributed by atoms with van der Waals surface area (Å²) in [7, 11) is 0. The summed E-state index contributed by atoms with van der Waals surface area (Å²) in [6.45, 7) is 2.11. The zero-order valence-corrected chi connectivity index (χ0v) is 11.1. The molecule has 0 fully saturated rings. The van der Waals surface area contributed by atoms with Crippen molar-refractivity contribution in [1.82, 2.24) is 4.57 Å². The topological polar surface area (TPSA) is 22.0 Å². The van der Waals surface area contributed by atoms with Crippen molar-refractivity contribution in [3.63, 3.8) is 0 Å². The van der Waals surface area contributed by atoms with Crippen molar-refractivity contribution in [1.29, 1.82) is 0 Å². The predicted octanol–water partition coefficient (Wildman–Crippen LogP) is 4.03. The summed E-state index contributed by atoms with van der Waals surface area (Å²) in [5.74, 6) is -0.204. The number of fused-ring (bicyclic) bond motifs is 1. The molecule has 0 aliphatic heterocycles. The molecule has 0 atom stereocenters. The van der Waals surface area contributed by atoms with Gasteiger partial charge in [-0.3, -0.25) is 4.79 Å². The molecule has 0 bridgehead atoms. The van der Waals surface area contributed by atoms with E-state index in [9.17, 15) is 9.18 Å². The van der Waals surface area contributed by atoms with Gasteiger partial charge in [-0.2, -0.15) is 0 Å². The molecule has 0 unspecified atom stereocenters. The number of nitrogens with zero attached hydrogens (tertiary/aromatic N) is 1. The summed E-state index contributed by atoms with van der Waals surface area (Å²) in [4.78, 5) is 11.7. The van der Waals surface area contributed by atoms with Gasteiger partial charge < -0.3 is 4.57 Å². The third-order valence-electron chi connectivity index (χ3n) is 3.41. The third kappa shape index (κ3) is 2.23. The number of rotatable bonds is 3. The standard InChI is InChI=1S/C17H14FNO/c1-12(20)16-11-19(17-8-3-2-7-15(16)17)10-13-5-4-6-14(18)9-13/h2-9,11H,10H2,1H3. The maximum Gasteiger partial charge on any atom is 0.161 e. The molecule has 20 heavy (non-hydrogen) atoms. The summed E-state index contributed by atoms with van der Waals surface area (Å²) < 4.78 is 15.2. The fraction of sp³-hybridized carbons (Fsp3) is 0.118. The summed E-state index contributed by atoms with van der Waals surface area (Å²) in [6, 6.07) is 14.3. The van der Waals surface area contributed by atoms with Crippen LogP contribution in [-0.2, 0) is 6.54 Å². The van der Waals surface area contributed by atoms with E-state index in [0.29, 0.717) is 12.1 Å². The molecule has 0 spiro atoms. The van der Waals surface area contributed by atoms with Gasteiger partial charge in [0.1, 0.15) is 5.82 Å². The first kappa shape index (κ1) is 12.6. The van der Waals surface area contributed by atoms with Crippen molar-refractivity contribution >= 4 is 16.7 Å². The van der Waals surface area contributed by atoms with Crippen LogP contribution in [0.4, 0.5) is 4.39 Å². The lowest BCUT2D eigenvalue weighted by molar-refractivity contribution is 0.101. The first-order valence-electron chi connectivity index (χ1n) is 6.48. The largest absolute Gasteiger partial charge is 0.342 e. The smallest absolute Gasteiger partial charge is 0.161 e. The van der Waals surface area contributed by atoms with E-state index >= 15 is 0 Å². The normalized spacial score (nSPS) is 10.9. The van der Waals surface area contributed by atoms with Gasteiger partial charge in [-0.25, -0.2) is 4.39 Å². The monoisotopic (exact) mass is 267 g/mol. The lowest BCUT2D eigenvalue weighted by Gasteiger charge is -2.05. The Morgan fingerprint density at radius 3 is 2.70 bits per heavy atom. The molecule has 0 aliphatic rings. The Hall–Kier alpha value is -2.42. The summed E-state index contributed by atoms with van der Waals surface area (Å²) in [5, 5.41) is 0.941. The van der Waals surface area contributed by atoms with E-state index in [1.807, 2.05) is 41.1 Å². The number of hydrogen-bond donors (Lipinski definition) is 0. The van der Waals surface area contributed by atoms with Crippen molar-refractivity contribution in [2.24, 2.45) is 0 Å². The van der Waals surface area contributed by atoms with Crippen LogP contribution in [0.2, 0.25) is 0 Å². The number of carbonyl (C=O) groups is 1. The molecule has 0 N–H and O–H groups in total. The maximum atomic E-state index is 13.3. The zero-order chi connectivity index (χ0) is 14.1. The Labute approximate surface area is 116 Å². The van der Waals surface area contributed by atoms with E-state index in [-0.39, 0.29) is 11.6 Å². The lowest BCUT2D eigenvalue weighted by Crippen LogP contribution is -1.98. The van der Waals surface area contributed by atoms with E-state index in [1.54, 1.807) is 13.0 Å². The molecule has 2 nitrogen and oxygen atoms in total. The third-order valence-corrected chi connectivity index (χ3v) is 3.41. The van der Waals surface area contributed by atoms with Crippen molar-refractivity contribution in [2.75, 3.05) is 0 Å². The molecular weight excluding hydrogens is 253 g/mol. The Kier molecular flexibility index (Phi) is 3.11. The molecule has 3 rings (SSSR count). The van der Waals surface area contributed by atoms with Crippen LogP contribution in [-0.4, -0.2) is 10.4 Å². The Morgan fingerprint density at radius 1 is 1.15 bits per heavy atom. The molecule has 100 valence electrons. The lowest BCUT2D eigenvalue weighted by atomic mass is 10.1. The number of para-hydroxylation sites is 1. The van der Waals surface area contributed by atoms with Crippen LogP contribution in [0.3, 0.4) is 0 Å². The molecule has 3 aromatic rings. The molecule has 0 radical (unpaired) electrons. The van der Waals surface area contributed by atoms with Crippen LogP contribution in [0, 0.1) is 5.82 Å². The summed E-state index contributed by atoms with van der Waals surface area (Å²) in [6.07, 6.45) is 1.85. The molecule has 1 heterocycles. The van der Waals surface area contributed by atoms with Crippen molar-refractivity contribution in [3.05, 3.63) is 71.7 Å². The number of benzene rings is 2. The van der Waals surface area contributed by atoms with Gasteiger partial charge in [-0.15, -0.1) is 0 Å². The first-order chi connectivity index (χ1) is 9.65. The molecule has 2 aromatic carbocycles. The Morgan fingerprint density at radius 2 is 1.95 bits per heavy atom. The molecule has 3 heteroatoms.